The van der Waals surface area contributed by atoms with E-state index in [0.717, 1.165) is 18.4 Å². The van der Waals surface area contributed by atoms with Crippen LogP contribution in [0.5, 0.6) is 0 Å². The second kappa shape index (κ2) is 5.83. The third-order valence-electron chi connectivity index (χ3n) is 3.60. The monoisotopic (exact) mass is 255 g/mol. The van der Waals surface area contributed by atoms with Crippen LogP contribution >= 0.6 is 11.6 Å². The molecule has 0 aromatic heterocycles. The summed E-state index contributed by atoms with van der Waals surface area (Å²) in [6, 6.07) is 4.83. The van der Waals surface area contributed by atoms with Crippen LogP contribution in [0.25, 0.3) is 0 Å². The lowest BCUT2D eigenvalue weighted by Gasteiger charge is -2.12. The molecule has 3 heteroatoms. The van der Waals surface area contributed by atoms with E-state index in [0.29, 0.717) is 17.1 Å². The van der Waals surface area contributed by atoms with E-state index >= 15 is 0 Å². The molecule has 0 radical (unpaired) electrons. The predicted molar refractivity (Wildman–Crippen MR) is 69.6 cm³/mol. The van der Waals surface area contributed by atoms with Crippen LogP contribution in [0.2, 0.25) is 5.02 Å². The molecule has 0 bridgehead atoms. The standard InChI is InChI=1S/C14H19ClFN/c1-10-5-6-11(7-10)8-17-9-12-13(15)3-2-4-14(12)16/h2-4,10-11,17H,5-9H2,1H3. The molecule has 17 heavy (non-hydrogen) atoms. The number of hydrogen-bond donors (Lipinski definition) is 1. The molecule has 1 aliphatic rings. The summed E-state index contributed by atoms with van der Waals surface area (Å²) in [5, 5.41) is 3.83. The van der Waals surface area contributed by atoms with Crippen LogP contribution < -0.4 is 5.32 Å². The minimum atomic E-state index is -0.218. The van der Waals surface area contributed by atoms with Gasteiger partial charge in [0.2, 0.25) is 0 Å². The van der Waals surface area contributed by atoms with Gasteiger partial charge in [-0.2, -0.15) is 0 Å². The first kappa shape index (κ1) is 12.8. The molecule has 0 heterocycles. The maximum absolute atomic E-state index is 13.5. The van der Waals surface area contributed by atoms with E-state index in [1.54, 1.807) is 12.1 Å². The third kappa shape index (κ3) is 3.43. The largest absolute Gasteiger partial charge is 0.312 e. The summed E-state index contributed by atoms with van der Waals surface area (Å²) in [7, 11) is 0. The second-order valence-corrected chi connectivity index (χ2v) is 5.52. The van der Waals surface area contributed by atoms with Gasteiger partial charge in [-0.3, -0.25) is 0 Å². The van der Waals surface area contributed by atoms with Crippen LogP contribution in [0.1, 0.15) is 31.7 Å². The average Bonchev–Trinajstić information content (AvgIpc) is 2.69. The molecule has 1 aromatic carbocycles. The zero-order valence-electron chi connectivity index (χ0n) is 10.2. The maximum Gasteiger partial charge on any atom is 0.129 e. The van der Waals surface area contributed by atoms with E-state index in [4.69, 9.17) is 11.6 Å². The Bertz CT molecular complexity index is 360. The van der Waals surface area contributed by atoms with Crippen LogP contribution in [0.15, 0.2) is 18.2 Å². The fraction of sp³-hybridized carbons (Fsp3) is 0.571. The minimum absolute atomic E-state index is 0.218. The quantitative estimate of drug-likeness (QED) is 0.857. The van der Waals surface area contributed by atoms with Crippen molar-refractivity contribution >= 4 is 11.6 Å². The molecule has 0 spiro atoms. The summed E-state index contributed by atoms with van der Waals surface area (Å²) in [6.45, 7) is 3.79. The molecule has 0 saturated heterocycles. The highest BCUT2D eigenvalue weighted by atomic mass is 35.5. The van der Waals surface area contributed by atoms with Crippen molar-refractivity contribution in [1.82, 2.24) is 5.32 Å². The van der Waals surface area contributed by atoms with Crippen molar-refractivity contribution in [2.45, 2.75) is 32.7 Å². The summed E-state index contributed by atoms with van der Waals surface area (Å²) < 4.78 is 13.5. The normalized spacial score (nSPS) is 24.2. The van der Waals surface area contributed by atoms with Gasteiger partial charge < -0.3 is 5.32 Å². The average molecular weight is 256 g/mol. The van der Waals surface area contributed by atoms with Gasteiger partial charge in [0.15, 0.2) is 0 Å². The molecule has 1 nitrogen and oxygen atoms in total. The van der Waals surface area contributed by atoms with Crippen LogP contribution in [0.3, 0.4) is 0 Å². The SMILES string of the molecule is CC1CCC(CNCc2c(F)cccc2Cl)C1. The van der Waals surface area contributed by atoms with Gasteiger partial charge in [-0.25, -0.2) is 4.39 Å². The maximum atomic E-state index is 13.5. The van der Waals surface area contributed by atoms with Crippen molar-refractivity contribution in [3.05, 3.63) is 34.6 Å². The molecule has 2 atom stereocenters. The van der Waals surface area contributed by atoms with Gasteiger partial charge in [0.1, 0.15) is 5.82 Å². The van der Waals surface area contributed by atoms with Crippen LogP contribution in [0, 0.1) is 17.7 Å². The van der Waals surface area contributed by atoms with Crippen molar-refractivity contribution < 1.29 is 4.39 Å². The summed E-state index contributed by atoms with van der Waals surface area (Å²) >= 11 is 5.97. The minimum Gasteiger partial charge on any atom is -0.312 e. The van der Waals surface area contributed by atoms with E-state index in [-0.39, 0.29) is 5.82 Å². The van der Waals surface area contributed by atoms with Crippen molar-refractivity contribution in [2.75, 3.05) is 6.54 Å². The fourth-order valence-electron chi connectivity index (χ4n) is 2.61. The first-order valence-corrected chi connectivity index (χ1v) is 6.68. The Kier molecular flexibility index (Phi) is 4.41. The Hall–Kier alpha value is -0.600. The molecule has 1 fully saturated rings. The first-order valence-electron chi connectivity index (χ1n) is 6.30. The first-order chi connectivity index (χ1) is 8.16. The van der Waals surface area contributed by atoms with Gasteiger partial charge in [0.05, 0.1) is 0 Å². The van der Waals surface area contributed by atoms with Gasteiger partial charge in [-0.15, -0.1) is 0 Å². The second-order valence-electron chi connectivity index (χ2n) is 5.12. The molecule has 1 aromatic rings. The molecule has 1 aliphatic carbocycles. The smallest absolute Gasteiger partial charge is 0.129 e. The van der Waals surface area contributed by atoms with Crippen molar-refractivity contribution in [2.24, 2.45) is 11.8 Å². The van der Waals surface area contributed by atoms with Gasteiger partial charge in [0.25, 0.3) is 0 Å². The lowest BCUT2D eigenvalue weighted by Crippen LogP contribution is -2.21. The molecule has 0 aliphatic heterocycles. The predicted octanol–water partition coefficient (Wildman–Crippen LogP) is 4.00. The summed E-state index contributed by atoms with van der Waals surface area (Å²) in [5.74, 6) is 1.37. The molecule has 94 valence electrons. The zero-order chi connectivity index (χ0) is 12.3. The molecule has 2 unspecified atom stereocenters. The highest BCUT2D eigenvalue weighted by Gasteiger charge is 2.20. The zero-order valence-corrected chi connectivity index (χ0v) is 10.9. The molecule has 2 rings (SSSR count). The lowest BCUT2D eigenvalue weighted by atomic mass is 10.1. The van der Waals surface area contributed by atoms with Crippen LogP contribution in [0.4, 0.5) is 4.39 Å². The topological polar surface area (TPSA) is 12.0 Å². The van der Waals surface area contributed by atoms with Crippen molar-refractivity contribution in [3.63, 3.8) is 0 Å². The Morgan fingerprint density at radius 2 is 2.24 bits per heavy atom. The molecule has 1 saturated carbocycles. The number of rotatable bonds is 4. The number of hydrogen-bond acceptors (Lipinski definition) is 1. The Morgan fingerprint density at radius 1 is 1.41 bits per heavy atom. The third-order valence-corrected chi connectivity index (χ3v) is 3.95. The van der Waals surface area contributed by atoms with E-state index < -0.39 is 0 Å². The highest BCUT2D eigenvalue weighted by molar-refractivity contribution is 6.31. The lowest BCUT2D eigenvalue weighted by molar-refractivity contribution is 0.466. The van der Waals surface area contributed by atoms with Crippen LogP contribution in [-0.2, 0) is 6.54 Å². The Balaban J connectivity index is 1.82. The molecular formula is C14H19ClFN. The Morgan fingerprint density at radius 3 is 2.88 bits per heavy atom. The summed E-state index contributed by atoms with van der Waals surface area (Å²) in [6.07, 6.45) is 3.91. The summed E-state index contributed by atoms with van der Waals surface area (Å²) in [4.78, 5) is 0. The van der Waals surface area contributed by atoms with E-state index in [1.807, 2.05) is 0 Å². The van der Waals surface area contributed by atoms with Gasteiger partial charge in [-0.05, 0) is 43.4 Å². The van der Waals surface area contributed by atoms with Crippen LogP contribution in [-0.4, -0.2) is 6.54 Å². The van der Waals surface area contributed by atoms with E-state index in [9.17, 15) is 4.39 Å². The fourth-order valence-corrected chi connectivity index (χ4v) is 2.84. The molecule has 0 amide bonds. The Labute approximate surface area is 107 Å². The van der Waals surface area contributed by atoms with Crippen molar-refractivity contribution in [1.29, 1.82) is 0 Å². The highest BCUT2D eigenvalue weighted by Crippen LogP contribution is 2.29. The number of benzene rings is 1. The van der Waals surface area contributed by atoms with Gasteiger partial charge in [-0.1, -0.05) is 31.0 Å². The molecular weight excluding hydrogens is 237 g/mol. The molecule has 1 N–H and O–H groups in total. The number of halogens is 2. The summed E-state index contributed by atoms with van der Waals surface area (Å²) in [5.41, 5.74) is 0.584. The van der Waals surface area contributed by atoms with E-state index in [1.165, 1.54) is 25.3 Å². The van der Waals surface area contributed by atoms with E-state index in [2.05, 4.69) is 12.2 Å². The van der Waals surface area contributed by atoms with Gasteiger partial charge in [0, 0.05) is 17.1 Å². The number of nitrogens with one attached hydrogen (secondary N) is 1. The van der Waals surface area contributed by atoms with Crippen molar-refractivity contribution in [3.8, 4) is 0 Å². The van der Waals surface area contributed by atoms with Gasteiger partial charge >= 0.3 is 0 Å².